The first kappa shape index (κ1) is 22.5. The van der Waals surface area contributed by atoms with Crippen molar-refractivity contribution < 1.29 is 23.1 Å². The van der Waals surface area contributed by atoms with Crippen LogP contribution < -0.4 is 0 Å². The third-order valence-corrected chi connectivity index (χ3v) is 7.09. The Balaban J connectivity index is 1.45. The molecule has 0 spiro atoms. The molecule has 2 N–H and O–H groups in total. The van der Waals surface area contributed by atoms with Gasteiger partial charge in [-0.3, -0.25) is 4.79 Å². The quantitative estimate of drug-likeness (QED) is 0.423. The predicted molar refractivity (Wildman–Crippen MR) is 122 cm³/mol. The number of rotatable bonds is 5. The molecule has 0 radical (unpaired) electrons. The van der Waals surface area contributed by atoms with Crippen LogP contribution in [0.5, 0.6) is 0 Å². The number of amides is 1. The topological polar surface area (TPSA) is 82.1 Å². The second-order valence-electron chi connectivity index (χ2n) is 8.27. The van der Waals surface area contributed by atoms with Crippen LogP contribution in [0.2, 0.25) is 0 Å². The summed E-state index contributed by atoms with van der Waals surface area (Å²) in [6.45, 7) is 0.226. The smallest absolute Gasteiger partial charge is 0.274 e. The normalized spacial score (nSPS) is 16.4. The van der Waals surface area contributed by atoms with Crippen molar-refractivity contribution >= 4 is 28.3 Å². The number of aromatic nitrogens is 3. The number of piperidine rings is 1. The number of hydrogen-bond acceptors (Lipinski definition) is 5. The van der Waals surface area contributed by atoms with Gasteiger partial charge in [-0.2, -0.15) is 0 Å². The van der Waals surface area contributed by atoms with E-state index in [4.69, 9.17) is 0 Å². The molecule has 1 aliphatic heterocycles. The van der Waals surface area contributed by atoms with E-state index < -0.39 is 11.6 Å². The molecule has 10 heteroatoms. The SMILES string of the molecule is O=C(c1nc(CO)sc1-c1ccc(F)cc1)N1CCCCC1Cc1nc2cc(F)c(F)cc2[nH]1. The average Bonchev–Trinajstić information content (AvgIpc) is 3.43. The van der Waals surface area contributed by atoms with Gasteiger partial charge in [-0.15, -0.1) is 11.3 Å². The summed E-state index contributed by atoms with van der Waals surface area (Å²) in [4.78, 5) is 27.8. The fourth-order valence-corrected chi connectivity index (χ4v) is 5.29. The van der Waals surface area contributed by atoms with Crippen LogP contribution in [0.15, 0.2) is 36.4 Å². The third-order valence-electron chi connectivity index (χ3n) is 6.01. The maximum atomic E-state index is 13.6. The lowest BCUT2D eigenvalue weighted by molar-refractivity contribution is 0.0606. The Morgan fingerprint density at radius 1 is 1.12 bits per heavy atom. The summed E-state index contributed by atoms with van der Waals surface area (Å²) in [6.07, 6.45) is 2.91. The van der Waals surface area contributed by atoms with E-state index in [9.17, 15) is 23.1 Å². The molecule has 1 fully saturated rings. The highest BCUT2D eigenvalue weighted by molar-refractivity contribution is 7.15. The van der Waals surface area contributed by atoms with E-state index in [2.05, 4.69) is 15.0 Å². The zero-order chi connectivity index (χ0) is 23.8. The second kappa shape index (κ2) is 9.19. The molecule has 1 aliphatic rings. The number of nitrogens with one attached hydrogen (secondary N) is 1. The number of thiazole rings is 1. The first-order chi connectivity index (χ1) is 16.4. The Labute approximate surface area is 197 Å². The molecule has 4 aromatic rings. The molecule has 6 nitrogen and oxygen atoms in total. The van der Waals surface area contributed by atoms with E-state index >= 15 is 0 Å². The van der Waals surface area contributed by atoms with E-state index in [-0.39, 0.29) is 30.1 Å². The van der Waals surface area contributed by atoms with Crippen LogP contribution in [0, 0.1) is 17.5 Å². The Hall–Kier alpha value is -3.24. The molecule has 1 unspecified atom stereocenters. The van der Waals surface area contributed by atoms with Crippen LogP contribution in [0.4, 0.5) is 13.2 Å². The Kier molecular flexibility index (Phi) is 6.09. The van der Waals surface area contributed by atoms with Gasteiger partial charge in [-0.1, -0.05) is 12.1 Å². The number of hydrogen-bond donors (Lipinski definition) is 2. The number of nitrogens with zero attached hydrogens (tertiary/aromatic N) is 3. The van der Waals surface area contributed by atoms with Crippen LogP contribution in [0.3, 0.4) is 0 Å². The number of benzene rings is 2. The molecule has 3 heterocycles. The van der Waals surface area contributed by atoms with Gasteiger partial charge in [0.25, 0.3) is 5.91 Å². The Morgan fingerprint density at radius 2 is 1.88 bits per heavy atom. The molecule has 34 heavy (non-hydrogen) atoms. The molecular weight excluding hydrogens is 465 g/mol. The van der Waals surface area contributed by atoms with Gasteiger partial charge in [-0.05, 0) is 37.0 Å². The average molecular weight is 487 g/mol. The van der Waals surface area contributed by atoms with Gasteiger partial charge < -0.3 is 15.0 Å². The van der Waals surface area contributed by atoms with Crippen LogP contribution in [0.1, 0.15) is 40.6 Å². The number of likely N-dealkylation sites (tertiary alicyclic amines) is 1. The summed E-state index contributed by atoms with van der Waals surface area (Å²) in [5.74, 6) is -2.03. The highest BCUT2D eigenvalue weighted by Crippen LogP contribution is 2.33. The van der Waals surface area contributed by atoms with Crippen molar-refractivity contribution in [3.05, 3.63) is 70.4 Å². The first-order valence-electron chi connectivity index (χ1n) is 10.9. The molecule has 1 saturated heterocycles. The van der Waals surface area contributed by atoms with Gasteiger partial charge in [0.2, 0.25) is 0 Å². The monoisotopic (exact) mass is 486 g/mol. The number of aliphatic hydroxyl groups is 1. The number of carbonyl (C=O) groups is 1. The molecule has 2 aromatic carbocycles. The molecular formula is C24H21F3N4O2S. The van der Waals surface area contributed by atoms with Gasteiger partial charge in [0, 0.05) is 31.1 Å². The minimum atomic E-state index is -0.962. The van der Waals surface area contributed by atoms with Gasteiger partial charge in [0.05, 0.1) is 22.5 Å². The minimum Gasteiger partial charge on any atom is -0.389 e. The van der Waals surface area contributed by atoms with Crippen molar-refractivity contribution in [2.75, 3.05) is 6.54 Å². The molecule has 2 aromatic heterocycles. The fraction of sp³-hybridized carbons (Fsp3) is 0.292. The number of aromatic amines is 1. The summed E-state index contributed by atoms with van der Waals surface area (Å²) in [6, 6.07) is 7.75. The summed E-state index contributed by atoms with van der Waals surface area (Å²) >= 11 is 1.20. The summed E-state index contributed by atoms with van der Waals surface area (Å²) in [5.41, 5.74) is 1.60. The van der Waals surface area contributed by atoms with Crippen molar-refractivity contribution in [2.45, 2.75) is 38.3 Å². The lowest BCUT2D eigenvalue weighted by atomic mass is 9.98. The fourth-order valence-electron chi connectivity index (χ4n) is 4.37. The molecule has 1 atom stereocenters. The van der Waals surface area contributed by atoms with Gasteiger partial charge in [0.15, 0.2) is 11.6 Å². The van der Waals surface area contributed by atoms with Crippen molar-refractivity contribution in [3.8, 4) is 10.4 Å². The predicted octanol–water partition coefficient (Wildman–Crippen LogP) is 4.83. The summed E-state index contributed by atoms with van der Waals surface area (Å²) in [5, 5.41) is 10.0. The van der Waals surface area contributed by atoms with Gasteiger partial charge >= 0.3 is 0 Å². The van der Waals surface area contributed by atoms with Crippen molar-refractivity contribution in [1.82, 2.24) is 19.9 Å². The molecule has 0 bridgehead atoms. The van der Waals surface area contributed by atoms with E-state index in [1.807, 2.05) is 0 Å². The van der Waals surface area contributed by atoms with Crippen LogP contribution in [-0.2, 0) is 13.0 Å². The van der Waals surface area contributed by atoms with Crippen molar-refractivity contribution in [1.29, 1.82) is 0 Å². The van der Waals surface area contributed by atoms with E-state index in [0.29, 0.717) is 45.3 Å². The number of imidazole rings is 1. The van der Waals surface area contributed by atoms with E-state index in [1.165, 1.54) is 23.5 Å². The lowest BCUT2D eigenvalue weighted by Crippen LogP contribution is -2.45. The first-order valence-corrected chi connectivity index (χ1v) is 11.8. The molecule has 0 saturated carbocycles. The van der Waals surface area contributed by atoms with Gasteiger partial charge in [-0.25, -0.2) is 23.1 Å². The maximum absolute atomic E-state index is 13.6. The highest BCUT2D eigenvalue weighted by Gasteiger charge is 2.32. The number of H-pyrrole nitrogens is 1. The standard InChI is InChI=1S/C24H21F3N4O2S/c25-14-6-4-13(5-7-14)23-22(30-21(12-32)34-23)24(33)31-8-2-1-3-15(31)9-20-28-18-10-16(26)17(27)11-19(18)29-20/h4-7,10-11,15,32H,1-3,8-9,12H2,(H,28,29). The van der Waals surface area contributed by atoms with Gasteiger partial charge in [0.1, 0.15) is 22.3 Å². The molecule has 176 valence electrons. The maximum Gasteiger partial charge on any atom is 0.274 e. The van der Waals surface area contributed by atoms with Crippen molar-refractivity contribution in [3.63, 3.8) is 0 Å². The minimum absolute atomic E-state index is 0.183. The molecule has 0 aliphatic carbocycles. The number of carbonyl (C=O) groups excluding carboxylic acids is 1. The zero-order valence-corrected chi connectivity index (χ0v) is 18.8. The Morgan fingerprint density at radius 3 is 2.65 bits per heavy atom. The summed E-state index contributed by atoms with van der Waals surface area (Å²) in [7, 11) is 0. The molecule has 5 rings (SSSR count). The largest absolute Gasteiger partial charge is 0.389 e. The second-order valence-corrected chi connectivity index (χ2v) is 9.35. The van der Waals surface area contributed by atoms with Crippen LogP contribution in [-0.4, -0.2) is 43.5 Å². The van der Waals surface area contributed by atoms with E-state index in [0.717, 1.165) is 31.4 Å². The number of halogens is 3. The van der Waals surface area contributed by atoms with Crippen LogP contribution >= 0.6 is 11.3 Å². The zero-order valence-electron chi connectivity index (χ0n) is 18.0. The van der Waals surface area contributed by atoms with Crippen LogP contribution in [0.25, 0.3) is 21.5 Å². The van der Waals surface area contributed by atoms with Crippen molar-refractivity contribution in [2.24, 2.45) is 0 Å². The number of fused-ring (bicyclic) bond motifs is 1. The highest BCUT2D eigenvalue weighted by atomic mass is 32.1. The Bertz CT molecular complexity index is 1310. The third kappa shape index (κ3) is 4.30. The molecule has 1 amide bonds. The summed E-state index contributed by atoms with van der Waals surface area (Å²) < 4.78 is 40.6. The van der Waals surface area contributed by atoms with E-state index in [1.54, 1.807) is 17.0 Å². The lowest BCUT2D eigenvalue weighted by Gasteiger charge is -2.35. The number of aliphatic hydroxyl groups excluding tert-OH is 1.